The zero-order valence-corrected chi connectivity index (χ0v) is 14.7. The number of benzene rings is 1. The molecule has 0 atom stereocenters. The largest absolute Gasteiger partial charge is 0.298 e. The van der Waals surface area contributed by atoms with Gasteiger partial charge < -0.3 is 0 Å². The molecular weight excluding hydrogens is 296 g/mol. The first kappa shape index (κ1) is 19.2. The molecule has 0 aliphatic heterocycles. The van der Waals surface area contributed by atoms with Crippen LogP contribution in [-0.4, -0.2) is 16.3 Å². The molecule has 3 heteroatoms. The molecule has 0 radical (unpaired) electrons. The number of carbonyl (C=O) groups excluding carboxylic acids is 1. The van der Waals surface area contributed by atoms with Crippen LogP contribution in [0.2, 0.25) is 0 Å². The van der Waals surface area contributed by atoms with E-state index in [1.807, 2.05) is 32.0 Å². The van der Waals surface area contributed by atoms with E-state index >= 15 is 0 Å². The van der Waals surface area contributed by atoms with E-state index in [1.54, 1.807) is 18.3 Å². The molecule has 0 saturated carbocycles. The van der Waals surface area contributed by atoms with Gasteiger partial charge in [0.1, 0.15) is 0 Å². The van der Waals surface area contributed by atoms with Crippen LogP contribution in [0.1, 0.15) is 35.3 Å². The number of aryl methyl sites for hydroxylation is 2. The third-order valence-corrected chi connectivity index (χ3v) is 3.02. The van der Waals surface area contributed by atoms with Crippen LogP contribution in [0.3, 0.4) is 0 Å². The Morgan fingerprint density at radius 2 is 1.46 bits per heavy atom. The van der Waals surface area contributed by atoms with Crippen molar-refractivity contribution in [3.05, 3.63) is 83.7 Å². The molecule has 0 amide bonds. The standard InChI is InChI=1S/C11H8N2O.C8H10.C2H6/c14-8-9-4-5-11(13-7-9)10-3-1-2-6-12-10;1-7-4-3-5-8(2)6-7;1-2/h1-8H;3-6H,1-2H3;1-2H3. The van der Waals surface area contributed by atoms with Gasteiger partial charge in [-0.15, -0.1) is 0 Å². The van der Waals surface area contributed by atoms with Gasteiger partial charge in [-0.2, -0.15) is 0 Å². The van der Waals surface area contributed by atoms with Crippen LogP contribution in [0.25, 0.3) is 11.4 Å². The van der Waals surface area contributed by atoms with Crippen LogP contribution in [-0.2, 0) is 0 Å². The lowest BCUT2D eigenvalue weighted by molar-refractivity contribution is 0.112. The highest BCUT2D eigenvalue weighted by Crippen LogP contribution is 2.12. The van der Waals surface area contributed by atoms with E-state index in [9.17, 15) is 4.79 Å². The average Bonchev–Trinajstić information content (AvgIpc) is 2.64. The minimum atomic E-state index is 0.574. The number of hydrogen-bond donors (Lipinski definition) is 0. The minimum Gasteiger partial charge on any atom is -0.298 e. The second-order valence-corrected chi connectivity index (χ2v) is 4.97. The Balaban J connectivity index is 0.000000245. The Kier molecular flexibility index (Phi) is 8.69. The van der Waals surface area contributed by atoms with Gasteiger partial charge in [0.2, 0.25) is 0 Å². The molecule has 1 aromatic carbocycles. The zero-order valence-electron chi connectivity index (χ0n) is 14.7. The average molecular weight is 320 g/mol. The number of aldehydes is 1. The summed E-state index contributed by atoms with van der Waals surface area (Å²) in [5, 5.41) is 0. The fourth-order valence-corrected chi connectivity index (χ4v) is 1.95. The highest BCUT2D eigenvalue weighted by Gasteiger charge is 1.98. The number of rotatable bonds is 2. The molecule has 24 heavy (non-hydrogen) atoms. The summed E-state index contributed by atoms with van der Waals surface area (Å²) in [6.45, 7) is 8.21. The van der Waals surface area contributed by atoms with Crippen LogP contribution in [0.5, 0.6) is 0 Å². The fourth-order valence-electron chi connectivity index (χ4n) is 1.95. The first-order valence-corrected chi connectivity index (χ1v) is 8.05. The number of hydrogen-bond acceptors (Lipinski definition) is 3. The molecule has 124 valence electrons. The smallest absolute Gasteiger partial charge is 0.151 e. The van der Waals surface area contributed by atoms with E-state index in [1.165, 1.54) is 17.3 Å². The lowest BCUT2D eigenvalue weighted by atomic mass is 10.2. The number of pyridine rings is 2. The first-order chi connectivity index (χ1) is 11.7. The van der Waals surface area contributed by atoms with Crippen molar-refractivity contribution in [3.8, 4) is 11.4 Å². The summed E-state index contributed by atoms with van der Waals surface area (Å²) in [4.78, 5) is 18.7. The number of nitrogens with zero attached hydrogens (tertiary/aromatic N) is 2. The van der Waals surface area contributed by atoms with E-state index in [2.05, 4.69) is 48.1 Å². The predicted octanol–water partition coefficient (Wildman–Crippen LogP) is 5.29. The highest BCUT2D eigenvalue weighted by molar-refractivity contribution is 5.74. The van der Waals surface area contributed by atoms with Crippen molar-refractivity contribution in [2.45, 2.75) is 27.7 Å². The third-order valence-electron chi connectivity index (χ3n) is 3.02. The topological polar surface area (TPSA) is 42.9 Å². The molecule has 3 aromatic rings. The van der Waals surface area contributed by atoms with Gasteiger partial charge in [-0.25, -0.2) is 0 Å². The molecule has 0 unspecified atom stereocenters. The van der Waals surface area contributed by atoms with Crippen LogP contribution < -0.4 is 0 Å². The third kappa shape index (κ3) is 6.53. The van der Waals surface area contributed by atoms with Crippen molar-refractivity contribution in [2.75, 3.05) is 0 Å². The molecule has 0 saturated heterocycles. The van der Waals surface area contributed by atoms with Gasteiger partial charge in [0.05, 0.1) is 11.4 Å². The predicted molar refractivity (Wildman–Crippen MR) is 100 cm³/mol. The van der Waals surface area contributed by atoms with Gasteiger partial charge in [0.15, 0.2) is 6.29 Å². The normalized spacial score (nSPS) is 9.00. The van der Waals surface area contributed by atoms with Gasteiger partial charge in [-0.1, -0.05) is 55.3 Å². The van der Waals surface area contributed by atoms with Crippen molar-refractivity contribution in [1.82, 2.24) is 9.97 Å². The summed E-state index contributed by atoms with van der Waals surface area (Å²) in [5.41, 5.74) is 4.83. The van der Waals surface area contributed by atoms with E-state index in [0.717, 1.165) is 17.7 Å². The molecule has 0 aliphatic carbocycles. The second-order valence-electron chi connectivity index (χ2n) is 4.97. The van der Waals surface area contributed by atoms with Crippen molar-refractivity contribution in [1.29, 1.82) is 0 Å². The molecule has 0 aliphatic rings. The quantitative estimate of drug-likeness (QED) is 0.603. The number of carbonyl (C=O) groups is 1. The summed E-state index contributed by atoms with van der Waals surface area (Å²) < 4.78 is 0. The Bertz CT molecular complexity index is 705. The molecule has 2 aromatic heterocycles. The molecule has 0 bridgehead atoms. The van der Waals surface area contributed by atoms with Crippen LogP contribution >= 0.6 is 0 Å². The van der Waals surface area contributed by atoms with Gasteiger partial charge in [-0.05, 0) is 38.1 Å². The van der Waals surface area contributed by atoms with Crippen molar-refractivity contribution >= 4 is 6.29 Å². The monoisotopic (exact) mass is 320 g/mol. The van der Waals surface area contributed by atoms with Crippen molar-refractivity contribution in [3.63, 3.8) is 0 Å². The molecule has 3 nitrogen and oxygen atoms in total. The molecule has 0 fully saturated rings. The van der Waals surface area contributed by atoms with Crippen molar-refractivity contribution in [2.24, 2.45) is 0 Å². The maximum Gasteiger partial charge on any atom is 0.151 e. The van der Waals surface area contributed by atoms with Gasteiger partial charge in [0, 0.05) is 18.0 Å². The highest BCUT2D eigenvalue weighted by atomic mass is 16.1. The van der Waals surface area contributed by atoms with Crippen LogP contribution in [0.15, 0.2) is 67.0 Å². The molecule has 2 heterocycles. The zero-order chi connectivity index (χ0) is 17.8. The maximum atomic E-state index is 10.4. The lowest BCUT2D eigenvalue weighted by Crippen LogP contribution is -1.88. The molecule has 0 spiro atoms. The van der Waals surface area contributed by atoms with E-state index < -0.39 is 0 Å². The molecular formula is C21H24N2O. The maximum absolute atomic E-state index is 10.4. The fraction of sp³-hybridized carbons (Fsp3) is 0.190. The summed E-state index contributed by atoms with van der Waals surface area (Å²) in [5.74, 6) is 0. The Morgan fingerprint density at radius 3 is 1.88 bits per heavy atom. The SMILES string of the molecule is CC.Cc1cccc(C)c1.O=Cc1ccc(-c2ccccn2)nc1. The van der Waals surface area contributed by atoms with Crippen molar-refractivity contribution < 1.29 is 4.79 Å². The summed E-state index contributed by atoms with van der Waals surface area (Å²) in [6, 6.07) is 17.6. The van der Waals surface area contributed by atoms with Crippen LogP contribution in [0, 0.1) is 13.8 Å². The summed E-state index contributed by atoms with van der Waals surface area (Å²) in [7, 11) is 0. The van der Waals surface area contributed by atoms with Gasteiger partial charge in [-0.3, -0.25) is 14.8 Å². The van der Waals surface area contributed by atoms with Gasteiger partial charge in [0.25, 0.3) is 0 Å². The summed E-state index contributed by atoms with van der Waals surface area (Å²) >= 11 is 0. The van der Waals surface area contributed by atoms with Crippen LogP contribution in [0.4, 0.5) is 0 Å². The number of aromatic nitrogens is 2. The Morgan fingerprint density at radius 1 is 0.792 bits per heavy atom. The van der Waals surface area contributed by atoms with E-state index in [-0.39, 0.29) is 0 Å². The Hall–Kier alpha value is -2.81. The Labute approximate surface area is 144 Å². The summed E-state index contributed by atoms with van der Waals surface area (Å²) in [6.07, 6.45) is 4.02. The lowest BCUT2D eigenvalue weighted by Gasteiger charge is -1.98. The minimum absolute atomic E-state index is 0.574. The molecule has 0 N–H and O–H groups in total. The molecule has 3 rings (SSSR count). The van der Waals surface area contributed by atoms with E-state index in [0.29, 0.717) is 5.56 Å². The van der Waals surface area contributed by atoms with E-state index in [4.69, 9.17) is 0 Å². The first-order valence-electron chi connectivity index (χ1n) is 8.05. The second kappa shape index (κ2) is 10.8. The van der Waals surface area contributed by atoms with Gasteiger partial charge >= 0.3 is 0 Å².